The Balaban J connectivity index is 1.96. The molecular formula is C27H26ClNO3S. The number of nitrogens with zero attached hydrogens (tertiary/aromatic N) is 1. The van der Waals surface area contributed by atoms with E-state index >= 15 is 0 Å². The lowest BCUT2D eigenvalue weighted by atomic mass is 9.89. The molecule has 0 saturated heterocycles. The molecule has 0 aliphatic carbocycles. The minimum absolute atomic E-state index is 0.345. The van der Waals surface area contributed by atoms with Gasteiger partial charge in [-0.1, -0.05) is 70.9 Å². The Morgan fingerprint density at radius 3 is 2.18 bits per heavy atom. The SMILES string of the molecule is Cc1cc(C)cc([C@@]2(Sc3ccc(Cl)cc3)C(=O)N(C(=O)OC(C)(C)C)c3ccccc32)c1. The summed E-state index contributed by atoms with van der Waals surface area (Å²) in [5.74, 6) is -0.345. The maximum absolute atomic E-state index is 14.3. The predicted molar refractivity (Wildman–Crippen MR) is 134 cm³/mol. The van der Waals surface area contributed by atoms with Crippen molar-refractivity contribution in [2.45, 2.75) is 49.9 Å². The van der Waals surface area contributed by atoms with Gasteiger partial charge >= 0.3 is 6.09 Å². The Hall–Kier alpha value is -2.76. The molecule has 0 unspecified atom stereocenters. The molecule has 4 nitrogen and oxygen atoms in total. The highest BCUT2D eigenvalue weighted by atomic mass is 35.5. The van der Waals surface area contributed by atoms with Gasteiger partial charge in [0.1, 0.15) is 5.60 Å². The maximum atomic E-state index is 14.3. The molecule has 0 bridgehead atoms. The molecule has 0 radical (unpaired) electrons. The second-order valence-electron chi connectivity index (χ2n) is 9.25. The number of rotatable bonds is 3. The highest BCUT2D eigenvalue weighted by molar-refractivity contribution is 8.01. The van der Waals surface area contributed by atoms with Crippen molar-refractivity contribution in [3.8, 4) is 0 Å². The van der Waals surface area contributed by atoms with E-state index in [2.05, 4.69) is 6.07 Å². The van der Waals surface area contributed by atoms with Gasteiger partial charge in [-0.15, -0.1) is 0 Å². The molecular weight excluding hydrogens is 454 g/mol. The number of amides is 2. The van der Waals surface area contributed by atoms with E-state index in [1.807, 2.05) is 56.3 Å². The molecule has 3 aromatic rings. The molecule has 1 aliphatic heterocycles. The fraction of sp³-hybridized carbons (Fsp3) is 0.259. The second-order valence-corrected chi connectivity index (χ2v) is 11.0. The predicted octanol–water partition coefficient (Wildman–Crippen LogP) is 7.27. The van der Waals surface area contributed by atoms with Gasteiger partial charge in [-0.2, -0.15) is 0 Å². The zero-order chi connectivity index (χ0) is 24.0. The number of para-hydroxylation sites is 1. The van der Waals surface area contributed by atoms with Crippen molar-refractivity contribution >= 4 is 41.1 Å². The van der Waals surface area contributed by atoms with Gasteiger partial charge in [0, 0.05) is 15.5 Å². The van der Waals surface area contributed by atoms with Gasteiger partial charge in [-0.3, -0.25) is 4.79 Å². The number of ether oxygens (including phenoxy) is 1. The van der Waals surface area contributed by atoms with Crippen LogP contribution in [0.1, 0.15) is 43.0 Å². The average Bonchev–Trinajstić information content (AvgIpc) is 2.97. The third-order valence-electron chi connectivity index (χ3n) is 5.32. The van der Waals surface area contributed by atoms with Gasteiger partial charge in [0.2, 0.25) is 0 Å². The zero-order valence-corrected chi connectivity index (χ0v) is 20.9. The molecule has 0 aromatic heterocycles. The molecule has 1 aliphatic rings. The van der Waals surface area contributed by atoms with Crippen LogP contribution in [0.25, 0.3) is 0 Å². The zero-order valence-electron chi connectivity index (χ0n) is 19.3. The fourth-order valence-electron chi connectivity index (χ4n) is 4.13. The summed E-state index contributed by atoms with van der Waals surface area (Å²) in [7, 11) is 0. The van der Waals surface area contributed by atoms with Gasteiger partial charge < -0.3 is 4.74 Å². The Morgan fingerprint density at radius 1 is 0.970 bits per heavy atom. The molecule has 33 heavy (non-hydrogen) atoms. The van der Waals surface area contributed by atoms with Crippen LogP contribution in [0.3, 0.4) is 0 Å². The van der Waals surface area contributed by atoms with Crippen molar-refractivity contribution in [3.05, 3.63) is 94.0 Å². The van der Waals surface area contributed by atoms with Crippen molar-refractivity contribution in [2.75, 3.05) is 4.90 Å². The van der Waals surface area contributed by atoms with Crippen molar-refractivity contribution in [1.29, 1.82) is 0 Å². The lowest BCUT2D eigenvalue weighted by molar-refractivity contribution is -0.119. The standard InChI is InChI=1S/C27H26ClNO3S/c1-17-14-18(2)16-19(15-17)27(33-21-12-10-20(28)11-13-21)22-8-6-7-9-23(22)29(24(27)30)25(31)32-26(3,4)5/h6-16H,1-5H3/t27-/m0/s1. The normalized spacial score (nSPS) is 17.8. The minimum Gasteiger partial charge on any atom is -0.443 e. The van der Waals surface area contributed by atoms with E-state index < -0.39 is 16.4 Å². The molecule has 3 aromatic carbocycles. The van der Waals surface area contributed by atoms with Crippen LogP contribution in [-0.4, -0.2) is 17.6 Å². The first-order valence-corrected chi connectivity index (χ1v) is 11.9. The second kappa shape index (κ2) is 8.54. The van der Waals surface area contributed by atoms with E-state index in [0.717, 1.165) is 27.1 Å². The summed E-state index contributed by atoms with van der Waals surface area (Å²) in [5.41, 5.74) is 3.47. The molecule has 1 heterocycles. The number of anilines is 1. The molecule has 170 valence electrons. The first kappa shape index (κ1) is 23.4. The summed E-state index contributed by atoms with van der Waals surface area (Å²) < 4.78 is 4.48. The number of benzene rings is 3. The number of hydrogen-bond acceptors (Lipinski definition) is 4. The van der Waals surface area contributed by atoms with Crippen LogP contribution in [0.4, 0.5) is 10.5 Å². The van der Waals surface area contributed by atoms with E-state index in [0.29, 0.717) is 10.7 Å². The highest BCUT2D eigenvalue weighted by Gasteiger charge is 2.56. The molecule has 2 amide bonds. The summed E-state index contributed by atoms with van der Waals surface area (Å²) in [6.07, 6.45) is -0.678. The van der Waals surface area contributed by atoms with E-state index in [1.54, 1.807) is 39.0 Å². The topological polar surface area (TPSA) is 46.6 Å². The number of hydrogen-bond donors (Lipinski definition) is 0. The first-order chi connectivity index (χ1) is 15.5. The van der Waals surface area contributed by atoms with Crippen LogP contribution >= 0.6 is 23.4 Å². The van der Waals surface area contributed by atoms with Crippen LogP contribution in [0.5, 0.6) is 0 Å². The Labute approximate surface area is 203 Å². The van der Waals surface area contributed by atoms with Crippen molar-refractivity contribution in [3.63, 3.8) is 0 Å². The molecule has 1 atom stereocenters. The molecule has 6 heteroatoms. The quantitative estimate of drug-likeness (QED) is 0.396. The number of carbonyl (C=O) groups is 2. The first-order valence-electron chi connectivity index (χ1n) is 10.7. The van der Waals surface area contributed by atoms with Crippen LogP contribution in [0.2, 0.25) is 5.02 Å². The van der Waals surface area contributed by atoms with Crippen LogP contribution in [-0.2, 0) is 14.3 Å². The summed E-state index contributed by atoms with van der Waals surface area (Å²) in [6.45, 7) is 9.38. The molecule has 0 spiro atoms. The maximum Gasteiger partial charge on any atom is 0.421 e. The van der Waals surface area contributed by atoms with Gasteiger partial charge in [0.15, 0.2) is 4.75 Å². The number of imide groups is 1. The van der Waals surface area contributed by atoms with Gasteiger partial charge in [0.05, 0.1) is 5.69 Å². The van der Waals surface area contributed by atoms with E-state index in [1.165, 1.54) is 16.7 Å². The molecule has 0 saturated carbocycles. The van der Waals surface area contributed by atoms with Crippen molar-refractivity contribution < 1.29 is 14.3 Å². The minimum atomic E-state index is -1.15. The summed E-state index contributed by atoms with van der Waals surface area (Å²) in [5, 5.41) is 0.619. The number of thioether (sulfide) groups is 1. The van der Waals surface area contributed by atoms with Gasteiger partial charge in [-0.25, -0.2) is 9.69 Å². The summed E-state index contributed by atoms with van der Waals surface area (Å²) in [4.78, 5) is 29.6. The number of aryl methyl sites for hydroxylation is 2. The Morgan fingerprint density at radius 2 is 1.58 bits per heavy atom. The van der Waals surface area contributed by atoms with E-state index in [4.69, 9.17) is 16.3 Å². The van der Waals surface area contributed by atoms with E-state index in [-0.39, 0.29) is 5.91 Å². The van der Waals surface area contributed by atoms with Crippen LogP contribution in [0, 0.1) is 13.8 Å². The summed E-state index contributed by atoms with van der Waals surface area (Å²) in [6, 6.07) is 20.9. The smallest absolute Gasteiger partial charge is 0.421 e. The molecule has 4 rings (SSSR count). The third kappa shape index (κ3) is 4.40. The fourth-order valence-corrected chi connectivity index (χ4v) is 5.58. The van der Waals surface area contributed by atoms with E-state index in [9.17, 15) is 9.59 Å². The van der Waals surface area contributed by atoms with Crippen LogP contribution < -0.4 is 4.90 Å². The number of halogens is 1. The van der Waals surface area contributed by atoms with Crippen molar-refractivity contribution in [2.24, 2.45) is 0 Å². The van der Waals surface area contributed by atoms with Gasteiger partial charge in [0.25, 0.3) is 5.91 Å². The van der Waals surface area contributed by atoms with Gasteiger partial charge in [-0.05, 0) is 70.5 Å². The average molecular weight is 480 g/mol. The highest BCUT2D eigenvalue weighted by Crippen LogP contribution is 2.56. The van der Waals surface area contributed by atoms with Crippen LogP contribution in [0.15, 0.2) is 71.6 Å². The Bertz CT molecular complexity index is 1210. The lowest BCUT2D eigenvalue weighted by Gasteiger charge is -2.30. The largest absolute Gasteiger partial charge is 0.443 e. The summed E-state index contributed by atoms with van der Waals surface area (Å²) >= 11 is 7.52. The number of fused-ring (bicyclic) bond motifs is 1. The third-order valence-corrected chi connectivity index (χ3v) is 7.01. The molecule has 0 N–H and O–H groups in total. The lowest BCUT2D eigenvalue weighted by Crippen LogP contribution is -2.44. The number of carbonyl (C=O) groups excluding carboxylic acids is 2. The monoisotopic (exact) mass is 479 g/mol. The molecule has 0 fully saturated rings. The Kier molecular flexibility index (Phi) is 6.06. The van der Waals surface area contributed by atoms with Crippen molar-refractivity contribution in [1.82, 2.24) is 0 Å².